The zero-order valence-electron chi connectivity index (χ0n) is 13.3. The summed E-state index contributed by atoms with van der Waals surface area (Å²) in [5.74, 6) is -0.100. The zero-order chi connectivity index (χ0) is 15.7. The van der Waals surface area contributed by atoms with E-state index in [1.807, 2.05) is 58.0 Å². The van der Waals surface area contributed by atoms with E-state index in [0.29, 0.717) is 0 Å². The maximum atomic E-state index is 12.3. The third-order valence-corrected chi connectivity index (χ3v) is 3.81. The number of benzene rings is 1. The highest BCUT2D eigenvalue weighted by Gasteiger charge is 2.37. The molecule has 1 aliphatic heterocycles. The Morgan fingerprint density at radius 1 is 1.29 bits per heavy atom. The monoisotopic (exact) mass is 289 g/mol. The summed E-state index contributed by atoms with van der Waals surface area (Å²) < 4.78 is 0. The summed E-state index contributed by atoms with van der Waals surface area (Å²) in [6.45, 7) is 6.00. The normalized spacial score (nSPS) is 19.0. The number of piperazine rings is 1. The minimum Gasteiger partial charge on any atom is -0.377 e. The molecule has 0 aliphatic carbocycles. The van der Waals surface area contributed by atoms with E-state index in [9.17, 15) is 9.59 Å². The largest absolute Gasteiger partial charge is 0.377 e. The fourth-order valence-corrected chi connectivity index (χ4v) is 2.76. The molecule has 1 unspecified atom stereocenters. The highest BCUT2D eigenvalue weighted by molar-refractivity contribution is 6.06. The lowest BCUT2D eigenvalue weighted by atomic mass is 9.98. The van der Waals surface area contributed by atoms with Gasteiger partial charge in [-0.2, -0.15) is 0 Å². The van der Waals surface area contributed by atoms with Gasteiger partial charge in [-0.15, -0.1) is 0 Å². The zero-order valence-corrected chi connectivity index (χ0v) is 13.3. The van der Waals surface area contributed by atoms with E-state index in [2.05, 4.69) is 5.32 Å². The molecule has 114 valence electrons. The Hall–Kier alpha value is -2.04. The van der Waals surface area contributed by atoms with E-state index in [0.717, 1.165) is 16.9 Å². The molecule has 0 aromatic heterocycles. The molecule has 2 amide bonds. The number of hydrogen-bond donors (Lipinski definition) is 1. The second kappa shape index (κ2) is 5.76. The molecule has 1 N–H and O–H groups in total. The third-order valence-electron chi connectivity index (χ3n) is 3.81. The van der Waals surface area contributed by atoms with Crippen molar-refractivity contribution in [2.75, 3.05) is 30.4 Å². The van der Waals surface area contributed by atoms with Crippen molar-refractivity contribution in [1.29, 1.82) is 0 Å². The molecule has 5 nitrogen and oxygen atoms in total. The predicted molar refractivity (Wildman–Crippen MR) is 84.6 cm³/mol. The number of carbonyl (C=O) groups is 2. The first kappa shape index (κ1) is 15.4. The molecule has 5 heteroatoms. The van der Waals surface area contributed by atoms with Crippen molar-refractivity contribution in [3.8, 4) is 0 Å². The average Bonchev–Trinajstić information content (AvgIpc) is 2.41. The predicted octanol–water partition coefficient (Wildman–Crippen LogP) is 1.55. The van der Waals surface area contributed by atoms with E-state index in [1.165, 1.54) is 0 Å². The van der Waals surface area contributed by atoms with Gasteiger partial charge < -0.3 is 10.2 Å². The van der Waals surface area contributed by atoms with Crippen molar-refractivity contribution in [2.24, 2.45) is 5.92 Å². The second-order valence-electron chi connectivity index (χ2n) is 6.04. The molecule has 1 saturated heterocycles. The molecule has 0 saturated carbocycles. The van der Waals surface area contributed by atoms with Gasteiger partial charge in [0, 0.05) is 25.5 Å². The molecule has 1 aliphatic rings. The van der Waals surface area contributed by atoms with E-state index < -0.39 is 6.04 Å². The Bertz CT molecular complexity index is 567. The molecular formula is C16H23N3O2. The Kier molecular flexibility index (Phi) is 4.21. The van der Waals surface area contributed by atoms with Gasteiger partial charge in [-0.05, 0) is 30.5 Å². The van der Waals surface area contributed by atoms with Gasteiger partial charge >= 0.3 is 0 Å². The Balaban J connectivity index is 2.48. The minimum absolute atomic E-state index is 0.0540. The highest BCUT2D eigenvalue weighted by atomic mass is 16.2. The molecule has 1 heterocycles. The lowest BCUT2D eigenvalue weighted by Crippen LogP contribution is -2.60. The van der Waals surface area contributed by atoms with Crippen LogP contribution in [-0.2, 0) is 9.59 Å². The maximum Gasteiger partial charge on any atom is 0.247 e. The van der Waals surface area contributed by atoms with Crippen LogP contribution in [0.2, 0.25) is 0 Å². The molecule has 1 aromatic carbocycles. The van der Waals surface area contributed by atoms with E-state index >= 15 is 0 Å². The molecule has 0 radical (unpaired) electrons. The van der Waals surface area contributed by atoms with E-state index in [1.54, 1.807) is 4.90 Å². The van der Waals surface area contributed by atoms with E-state index in [4.69, 9.17) is 0 Å². The van der Waals surface area contributed by atoms with Gasteiger partial charge in [0.1, 0.15) is 6.04 Å². The van der Waals surface area contributed by atoms with Crippen LogP contribution in [0, 0.1) is 12.8 Å². The molecule has 1 atom stereocenters. The summed E-state index contributed by atoms with van der Waals surface area (Å²) in [6, 6.07) is 5.42. The lowest BCUT2D eigenvalue weighted by Gasteiger charge is -2.37. The van der Waals surface area contributed by atoms with Crippen molar-refractivity contribution in [1.82, 2.24) is 5.32 Å². The fraction of sp³-hybridized carbons (Fsp3) is 0.500. The van der Waals surface area contributed by atoms with Gasteiger partial charge in [-0.25, -0.2) is 0 Å². The summed E-state index contributed by atoms with van der Waals surface area (Å²) in [7, 11) is 3.94. The van der Waals surface area contributed by atoms with Gasteiger partial charge in [0.2, 0.25) is 11.8 Å². The lowest BCUT2D eigenvalue weighted by molar-refractivity contribution is -0.131. The summed E-state index contributed by atoms with van der Waals surface area (Å²) in [4.78, 5) is 28.1. The summed E-state index contributed by atoms with van der Waals surface area (Å²) >= 11 is 0. The molecule has 21 heavy (non-hydrogen) atoms. The van der Waals surface area contributed by atoms with Crippen LogP contribution in [0.15, 0.2) is 18.2 Å². The summed E-state index contributed by atoms with van der Waals surface area (Å²) in [6.07, 6.45) is 0. The number of aryl methyl sites for hydroxylation is 1. The topological polar surface area (TPSA) is 52.7 Å². The first-order chi connectivity index (χ1) is 9.82. The van der Waals surface area contributed by atoms with Gasteiger partial charge in [0.05, 0.1) is 6.54 Å². The number of hydrogen-bond acceptors (Lipinski definition) is 3. The fourth-order valence-electron chi connectivity index (χ4n) is 2.76. The number of carbonyl (C=O) groups excluding carboxylic acids is 2. The van der Waals surface area contributed by atoms with E-state index in [-0.39, 0.29) is 24.3 Å². The van der Waals surface area contributed by atoms with Crippen molar-refractivity contribution < 1.29 is 9.59 Å². The Labute approximate surface area is 125 Å². The van der Waals surface area contributed by atoms with Gasteiger partial charge in [0.15, 0.2) is 0 Å². The van der Waals surface area contributed by atoms with Crippen LogP contribution >= 0.6 is 0 Å². The van der Waals surface area contributed by atoms with Crippen LogP contribution in [0.1, 0.15) is 19.4 Å². The maximum absolute atomic E-state index is 12.3. The third kappa shape index (κ3) is 2.86. The number of anilines is 2. The average molecular weight is 289 g/mol. The van der Waals surface area contributed by atoms with Crippen LogP contribution in [-0.4, -0.2) is 38.5 Å². The Morgan fingerprint density at radius 2 is 1.95 bits per heavy atom. The molecular weight excluding hydrogens is 266 g/mol. The SMILES string of the molecule is Cc1ccc(N2C(=O)CNC(=O)C2C(C)C)cc1N(C)C. The van der Waals surface area contributed by atoms with Crippen LogP contribution in [0.25, 0.3) is 0 Å². The molecule has 0 bridgehead atoms. The summed E-state index contributed by atoms with van der Waals surface area (Å²) in [5, 5.41) is 2.67. The van der Waals surface area contributed by atoms with Crippen molar-refractivity contribution in [3.63, 3.8) is 0 Å². The van der Waals surface area contributed by atoms with Crippen molar-refractivity contribution in [2.45, 2.75) is 26.8 Å². The number of rotatable bonds is 3. The van der Waals surface area contributed by atoms with Crippen LogP contribution in [0.4, 0.5) is 11.4 Å². The second-order valence-corrected chi connectivity index (χ2v) is 6.04. The molecule has 0 spiro atoms. The van der Waals surface area contributed by atoms with Crippen LogP contribution in [0.3, 0.4) is 0 Å². The van der Waals surface area contributed by atoms with Gasteiger partial charge in [-0.3, -0.25) is 14.5 Å². The first-order valence-electron chi connectivity index (χ1n) is 7.20. The Morgan fingerprint density at radius 3 is 2.52 bits per heavy atom. The first-order valence-corrected chi connectivity index (χ1v) is 7.20. The molecule has 1 aromatic rings. The van der Waals surface area contributed by atoms with Gasteiger partial charge in [0.25, 0.3) is 0 Å². The number of nitrogens with one attached hydrogen (secondary N) is 1. The standard InChI is InChI=1S/C16H23N3O2/c1-10(2)15-16(21)17-9-14(20)19(15)12-7-6-11(3)13(8-12)18(4)5/h6-8,10,15H,9H2,1-5H3,(H,17,21). The highest BCUT2D eigenvalue weighted by Crippen LogP contribution is 2.29. The molecule has 1 fully saturated rings. The minimum atomic E-state index is -0.455. The van der Waals surface area contributed by atoms with Crippen LogP contribution in [0.5, 0.6) is 0 Å². The van der Waals surface area contributed by atoms with Crippen molar-refractivity contribution >= 4 is 23.2 Å². The summed E-state index contributed by atoms with van der Waals surface area (Å²) in [5.41, 5.74) is 2.97. The molecule has 2 rings (SSSR count). The number of nitrogens with zero attached hydrogens (tertiary/aromatic N) is 2. The van der Waals surface area contributed by atoms with Crippen molar-refractivity contribution in [3.05, 3.63) is 23.8 Å². The van der Waals surface area contributed by atoms with Gasteiger partial charge in [-0.1, -0.05) is 19.9 Å². The van der Waals surface area contributed by atoms with Crippen LogP contribution < -0.4 is 15.1 Å². The number of amides is 2. The quantitative estimate of drug-likeness (QED) is 0.918. The smallest absolute Gasteiger partial charge is 0.247 e.